The molecule has 0 spiro atoms. The Morgan fingerprint density at radius 2 is 2.00 bits per heavy atom. The van der Waals surface area contributed by atoms with Crippen molar-refractivity contribution in [1.29, 1.82) is 0 Å². The van der Waals surface area contributed by atoms with E-state index in [0.29, 0.717) is 6.61 Å². The smallest absolute Gasteiger partial charge is 0.130 e. The number of nitrogens with zero attached hydrogens (tertiary/aromatic N) is 1. The van der Waals surface area contributed by atoms with E-state index in [1.165, 1.54) is 0 Å². The lowest BCUT2D eigenvalue weighted by atomic mass is 10.1. The van der Waals surface area contributed by atoms with Crippen molar-refractivity contribution in [3.8, 4) is 5.75 Å². The molecule has 3 heteroatoms. The maximum absolute atomic E-state index is 9.53. The highest BCUT2D eigenvalue weighted by Gasteiger charge is 2.06. The lowest BCUT2D eigenvalue weighted by Gasteiger charge is -2.12. The van der Waals surface area contributed by atoms with Crippen LogP contribution >= 0.6 is 0 Å². The minimum atomic E-state index is -0.453. The van der Waals surface area contributed by atoms with Crippen molar-refractivity contribution in [2.45, 2.75) is 33.5 Å². The molecule has 1 aromatic carbocycles. The largest absolute Gasteiger partial charge is 0.487 e. The molecule has 0 aliphatic rings. The zero-order valence-electron chi connectivity index (χ0n) is 11.6. The van der Waals surface area contributed by atoms with Crippen LogP contribution in [0.1, 0.15) is 35.4 Å². The van der Waals surface area contributed by atoms with Crippen molar-refractivity contribution in [2.75, 3.05) is 0 Å². The third-order valence-electron chi connectivity index (χ3n) is 3.16. The van der Waals surface area contributed by atoms with Crippen LogP contribution in [0, 0.1) is 13.8 Å². The molecular weight excluding hydrogens is 238 g/mol. The standard InChI is InChI=1S/C16H19NO2/c1-11-5-4-8-17-15(11)10-19-16-7-6-14(13(3)18)9-12(16)2/h4-9,13,18H,10H2,1-3H3/t13-/m0/s1. The number of pyridine rings is 1. The van der Waals surface area contributed by atoms with Gasteiger partial charge in [-0.2, -0.15) is 0 Å². The van der Waals surface area contributed by atoms with Gasteiger partial charge in [0.1, 0.15) is 12.4 Å². The summed E-state index contributed by atoms with van der Waals surface area (Å²) in [4.78, 5) is 4.30. The Balaban J connectivity index is 2.10. The first-order chi connectivity index (χ1) is 9.08. The van der Waals surface area contributed by atoms with E-state index in [1.54, 1.807) is 13.1 Å². The molecule has 2 aromatic rings. The Hall–Kier alpha value is -1.87. The summed E-state index contributed by atoms with van der Waals surface area (Å²) < 4.78 is 5.79. The van der Waals surface area contributed by atoms with Crippen LogP contribution < -0.4 is 4.74 Å². The summed E-state index contributed by atoms with van der Waals surface area (Å²) in [5.41, 5.74) is 3.99. The van der Waals surface area contributed by atoms with E-state index >= 15 is 0 Å². The van der Waals surface area contributed by atoms with Crippen molar-refractivity contribution in [2.24, 2.45) is 0 Å². The third kappa shape index (κ3) is 3.32. The summed E-state index contributed by atoms with van der Waals surface area (Å²) in [6, 6.07) is 9.68. The van der Waals surface area contributed by atoms with Crippen LogP contribution in [0.2, 0.25) is 0 Å². The number of hydrogen-bond donors (Lipinski definition) is 1. The molecule has 1 aromatic heterocycles. The highest BCUT2D eigenvalue weighted by molar-refractivity contribution is 5.37. The maximum Gasteiger partial charge on any atom is 0.130 e. The van der Waals surface area contributed by atoms with Crippen LogP contribution in [0.3, 0.4) is 0 Å². The van der Waals surface area contributed by atoms with Gasteiger partial charge in [0.05, 0.1) is 11.8 Å². The zero-order valence-corrected chi connectivity index (χ0v) is 11.6. The second-order valence-corrected chi connectivity index (χ2v) is 4.76. The molecule has 1 atom stereocenters. The Kier molecular flexibility index (Phi) is 4.17. The molecule has 100 valence electrons. The molecule has 0 saturated heterocycles. The molecule has 0 saturated carbocycles. The van der Waals surface area contributed by atoms with Gasteiger partial charge in [0.25, 0.3) is 0 Å². The molecule has 0 aliphatic heterocycles. The fraction of sp³-hybridized carbons (Fsp3) is 0.312. The molecule has 3 nitrogen and oxygen atoms in total. The predicted octanol–water partition coefficient (Wildman–Crippen LogP) is 3.33. The van der Waals surface area contributed by atoms with Gasteiger partial charge in [-0.05, 0) is 55.7 Å². The number of benzene rings is 1. The first kappa shape index (κ1) is 13.6. The lowest BCUT2D eigenvalue weighted by Crippen LogP contribution is -2.02. The number of ether oxygens (including phenoxy) is 1. The van der Waals surface area contributed by atoms with Crippen LogP contribution in [-0.2, 0) is 6.61 Å². The molecule has 0 aliphatic carbocycles. The Morgan fingerprint density at radius 3 is 2.63 bits per heavy atom. The number of rotatable bonds is 4. The average molecular weight is 257 g/mol. The van der Waals surface area contributed by atoms with Gasteiger partial charge in [0.15, 0.2) is 0 Å². The third-order valence-corrected chi connectivity index (χ3v) is 3.16. The first-order valence-corrected chi connectivity index (χ1v) is 6.40. The second-order valence-electron chi connectivity index (χ2n) is 4.76. The molecule has 0 radical (unpaired) electrons. The minimum Gasteiger partial charge on any atom is -0.487 e. The summed E-state index contributed by atoms with van der Waals surface area (Å²) in [5, 5.41) is 9.53. The van der Waals surface area contributed by atoms with E-state index in [9.17, 15) is 5.11 Å². The normalized spacial score (nSPS) is 12.2. The van der Waals surface area contributed by atoms with Crippen molar-refractivity contribution < 1.29 is 9.84 Å². The highest BCUT2D eigenvalue weighted by atomic mass is 16.5. The summed E-state index contributed by atoms with van der Waals surface area (Å²) in [6.45, 7) is 6.22. The van der Waals surface area contributed by atoms with Crippen LogP contribution in [0.5, 0.6) is 5.75 Å². The van der Waals surface area contributed by atoms with Crippen LogP contribution in [-0.4, -0.2) is 10.1 Å². The second kappa shape index (κ2) is 5.85. The minimum absolute atomic E-state index is 0.453. The fourth-order valence-corrected chi connectivity index (χ4v) is 1.91. The molecule has 0 unspecified atom stereocenters. The maximum atomic E-state index is 9.53. The topological polar surface area (TPSA) is 42.4 Å². The summed E-state index contributed by atoms with van der Waals surface area (Å²) in [6.07, 6.45) is 1.32. The van der Waals surface area contributed by atoms with Gasteiger partial charge in [0.2, 0.25) is 0 Å². The van der Waals surface area contributed by atoms with Gasteiger partial charge < -0.3 is 9.84 Å². The Bertz CT molecular complexity index is 564. The van der Waals surface area contributed by atoms with Crippen molar-refractivity contribution >= 4 is 0 Å². The van der Waals surface area contributed by atoms with Gasteiger partial charge in [-0.1, -0.05) is 12.1 Å². The van der Waals surface area contributed by atoms with E-state index in [0.717, 1.165) is 28.1 Å². The fourth-order valence-electron chi connectivity index (χ4n) is 1.91. The number of aromatic nitrogens is 1. The number of aliphatic hydroxyl groups excluding tert-OH is 1. The molecule has 2 rings (SSSR count). The van der Waals surface area contributed by atoms with E-state index in [1.807, 2.05) is 44.2 Å². The SMILES string of the molecule is Cc1cc([C@H](C)O)ccc1OCc1ncccc1C. The van der Waals surface area contributed by atoms with Gasteiger partial charge in [-0.15, -0.1) is 0 Å². The van der Waals surface area contributed by atoms with Gasteiger partial charge in [-0.3, -0.25) is 4.98 Å². The molecule has 0 fully saturated rings. The van der Waals surface area contributed by atoms with Crippen LogP contribution in [0.25, 0.3) is 0 Å². The molecule has 1 heterocycles. The summed E-state index contributed by atoms with van der Waals surface area (Å²) in [5.74, 6) is 0.828. The van der Waals surface area contributed by atoms with Crippen LogP contribution in [0.4, 0.5) is 0 Å². The zero-order chi connectivity index (χ0) is 13.8. The van der Waals surface area contributed by atoms with Crippen LogP contribution in [0.15, 0.2) is 36.5 Å². The summed E-state index contributed by atoms with van der Waals surface area (Å²) in [7, 11) is 0. The molecule has 0 bridgehead atoms. The van der Waals surface area contributed by atoms with E-state index in [2.05, 4.69) is 4.98 Å². The number of aryl methyl sites for hydroxylation is 2. The Labute approximate surface area is 113 Å². The average Bonchev–Trinajstić information content (AvgIpc) is 2.39. The van der Waals surface area contributed by atoms with Crippen molar-refractivity contribution in [3.05, 3.63) is 58.9 Å². The van der Waals surface area contributed by atoms with Gasteiger partial charge in [0, 0.05) is 6.20 Å². The van der Waals surface area contributed by atoms with Crippen molar-refractivity contribution in [3.63, 3.8) is 0 Å². The van der Waals surface area contributed by atoms with Gasteiger partial charge >= 0.3 is 0 Å². The predicted molar refractivity (Wildman–Crippen MR) is 75.1 cm³/mol. The highest BCUT2D eigenvalue weighted by Crippen LogP contribution is 2.23. The number of hydrogen-bond acceptors (Lipinski definition) is 3. The number of aliphatic hydroxyl groups is 1. The summed E-state index contributed by atoms with van der Waals surface area (Å²) >= 11 is 0. The van der Waals surface area contributed by atoms with Gasteiger partial charge in [-0.25, -0.2) is 0 Å². The Morgan fingerprint density at radius 1 is 1.21 bits per heavy atom. The van der Waals surface area contributed by atoms with Crippen molar-refractivity contribution in [1.82, 2.24) is 4.98 Å². The quantitative estimate of drug-likeness (QED) is 0.913. The molecular formula is C16H19NO2. The first-order valence-electron chi connectivity index (χ1n) is 6.40. The van der Waals surface area contributed by atoms with E-state index in [4.69, 9.17) is 4.74 Å². The lowest BCUT2D eigenvalue weighted by molar-refractivity contribution is 0.199. The van der Waals surface area contributed by atoms with E-state index < -0.39 is 6.10 Å². The molecule has 19 heavy (non-hydrogen) atoms. The molecule has 0 amide bonds. The molecule has 1 N–H and O–H groups in total. The van der Waals surface area contributed by atoms with E-state index in [-0.39, 0.29) is 0 Å². The monoisotopic (exact) mass is 257 g/mol.